The van der Waals surface area contributed by atoms with Crippen molar-refractivity contribution in [3.63, 3.8) is 0 Å². The van der Waals surface area contributed by atoms with Gasteiger partial charge in [0.25, 0.3) is 5.56 Å². The molecular formula is C21H17Cl2N3O3S. The van der Waals surface area contributed by atoms with Gasteiger partial charge in [-0.25, -0.2) is 4.79 Å². The van der Waals surface area contributed by atoms with Crippen LogP contribution in [0.2, 0.25) is 10.0 Å². The zero-order valence-electron chi connectivity index (χ0n) is 16.2. The summed E-state index contributed by atoms with van der Waals surface area (Å²) in [6, 6.07) is 9.18. The summed E-state index contributed by atoms with van der Waals surface area (Å²) in [5.74, 6) is 0. The van der Waals surface area contributed by atoms with Crippen molar-refractivity contribution >= 4 is 45.4 Å². The van der Waals surface area contributed by atoms with Crippen LogP contribution in [-0.4, -0.2) is 20.3 Å². The molecule has 0 radical (unpaired) electrons. The predicted molar refractivity (Wildman–Crippen MR) is 120 cm³/mol. The number of rotatable bonds is 2. The van der Waals surface area contributed by atoms with E-state index in [1.165, 1.54) is 11.6 Å². The number of aryl methyl sites for hydroxylation is 1. The molecule has 9 heteroatoms. The lowest BCUT2D eigenvalue weighted by atomic mass is 10.1. The number of halogens is 2. The Morgan fingerprint density at radius 2 is 1.93 bits per heavy atom. The lowest BCUT2D eigenvalue weighted by Crippen LogP contribution is -2.37. The molecule has 6 nitrogen and oxygen atoms in total. The van der Waals surface area contributed by atoms with E-state index in [2.05, 4.69) is 4.57 Å². The molecule has 4 aromatic rings. The molecule has 5 rings (SSSR count). The van der Waals surface area contributed by atoms with Gasteiger partial charge >= 0.3 is 5.69 Å². The van der Waals surface area contributed by atoms with Gasteiger partial charge in [0, 0.05) is 36.1 Å². The van der Waals surface area contributed by atoms with Crippen LogP contribution in [-0.2, 0) is 25.4 Å². The summed E-state index contributed by atoms with van der Waals surface area (Å²) in [7, 11) is 3.17. The second kappa shape index (κ2) is 7.13. The third-order valence-electron chi connectivity index (χ3n) is 5.54. The first-order valence-electron chi connectivity index (χ1n) is 9.32. The molecule has 154 valence electrons. The molecular weight excluding hydrogens is 445 g/mol. The summed E-state index contributed by atoms with van der Waals surface area (Å²) in [6.45, 7) is 1.01. The fourth-order valence-electron chi connectivity index (χ4n) is 4.20. The van der Waals surface area contributed by atoms with Crippen LogP contribution in [0.3, 0.4) is 0 Å². The molecule has 1 aliphatic heterocycles. The maximum atomic E-state index is 13.3. The Kier molecular flexibility index (Phi) is 4.67. The monoisotopic (exact) mass is 461 g/mol. The number of thiophene rings is 1. The quantitative estimate of drug-likeness (QED) is 0.449. The second-order valence-corrected chi connectivity index (χ2v) is 9.03. The minimum absolute atomic E-state index is 0.360. The Hall–Kier alpha value is -2.32. The zero-order chi connectivity index (χ0) is 21.2. The number of nitrogens with zero attached hydrogens (tertiary/aromatic N) is 3. The van der Waals surface area contributed by atoms with Crippen LogP contribution in [0.1, 0.15) is 16.7 Å². The van der Waals surface area contributed by atoms with E-state index < -0.39 is 0 Å². The summed E-state index contributed by atoms with van der Waals surface area (Å²) in [5, 5.41) is 3.39. The highest BCUT2D eigenvalue weighted by atomic mass is 35.5. The zero-order valence-corrected chi connectivity index (χ0v) is 18.5. The summed E-state index contributed by atoms with van der Waals surface area (Å²) in [6.07, 6.45) is -0.376. The van der Waals surface area contributed by atoms with Gasteiger partial charge in [0.2, 0.25) is 0 Å². The van der Waals surface area contributed by atoms with Gasteiger partial charge in [-0.3, -0.25) is 13.9 Å². The number of hydrogen-bond acceptors (Lipinski definition) is 4. The van der Waals surface area contributed by atoms with Crippen molar-refractivity contribution in [2.24, 2.45) is 14.1 Å². The van der Waals surface area contributed by atoms with E-state index in [9.17, 15) is 9.59 Å². The van der Waals surface area contributed by atoms with Crippen molar-refractivity contribution in [2.45, 2.75) is 12.6 Å². The normalized spacial score (nSPS) is 16.2. The van der Waals surface area contributed by atoms with Crippen molar-refractivity contribution in [1.82, 2.24) is 13.7 Å². The van der Waals surface area contributed by atoms with Crippen LogP contribution in [0.5, 0.6) is 0 Å². The Bertz CT molecular complexity index is 1420. The van der Waals surface area contributed by atoms with Crippen molar-refractivity contribution in [1.29, 1.82) is 0 Å². The summed E-state index contributed by atoms with van der Waals surface area (Å²) < 4.78 is 10.8. The van der Waals surface area contributed by atoms with Crippen molar-refractivity contribution in [3.8, 4) is 11.3 Å². The number of aromatic nitrogens is 3. The Morgan fingerprint density at radius 3 is 2.63 bits per heavy atom. The maximum absolute atomic E-state index is 13.3. The van der Waals surface area contributed by atoms with Gasteiger partial charge in [0.1, 0.15) is 6.10 Å². The largest absolute Gasteiger partial charge is 0.364 e. The lowest BCUT2D eigenvalue weighted by molar-refractivity contribution is 0.0500. The SMILES string of the molecule is Cn1c(=O)c2c(-c3ccc(Cl)cc3Cl)n3c(c2n(C)c1=O)C(c1cccs1)OCC3. The van der Waals surface area contributed by atoms with E-state index in [1.807, 2.05) is 23.6 Å². The molecule has 0 fully saturated rings. The highest BCUT2D eigenvalue weighted by Gasteiger charge is 2.33. The first-order chi connectivity index (χ1) is 14.4. The second-order valence-electron chi connectivity index (χ2n) is 7.21. The standard InChI is InChI=1S/C21H17Cl2N3O3S/c1-24-17-15(20(27)25(2)21(24)28)16(12-6-5-11(22)10-13(12)23)26-7-8-29-19(18(17)26)14-4-3-9-30-14/h3-6,9-10,19H,7-8H2,1-2H3. The number of hydrogen-bond donors (Lipinski definition) is 0. The van der Waals surface area contributed by atoms with Gasteiger partial charge in [0.05, 0.1) is 33.9 Å². The highest BCUT2D eigenvalue weighted by Crippen LogP contribution is 2.43. The number of ether oxygens (including phenoxy) is 1. The fourth-order valence-corrected chi connectivity index (χ4v) is 5.47. The van der Waals surface area contributed by atoms with E-state index in [4.69, 9.17) is 27.9 Å². The summed E-state index contributed by atoms with van der Waals surface area (Å²) >= 11 is 14.2. The average molecular weight is 462 g/mol. The van der Waals surface area contributed by atoms with Crippen LogP contribution in [0, 0.1) is 0 Å². The van der Waals surface area contributed by atoms with Gasteiger partial charge in [-0.2, -0.15) is 0 Å². The minimum Gasteiger partial charge on any atom is -0.364 e. The lowest BCUT2D eigenvalue weighted by Gasteiger charge is -2.26. The minimum atomic E-state index is -0.384. The molecule has 3 aromatic heterocycles. The molecule has 1 unspecified atom stereocenters. The molecule has 0 bridgehead atoms. The summed E-state index contributed by atoms with van der Waals surface area (Å²) in [5.41, 5.74) is 1.99. The van der Waals surface area contributed by atoms with E-state index in [0.717, 1.165) is 15.1 Å². The molecule has 0 aliphatic carbocycles. The molecule has 1 atom stereocenters. The van der Waals surface area contributed by atoms with Crippen molar-refractivity contribution < 1.29 is 4.74 Å². The molecule has 1 aromatic carbocycles. The van der Waals surface area contributed by atoms with Crippen LogP contribution < -0.4 is 11.2 Å². The molecule has 0 N–H and O–H groups in total. The van der Waals surface area contributed by atoms with E-state index >= 15 is 0 Å². The van der Waals surface area contributed by atoms with E-state index in [0.29, 0.717) is 45.4 Å². The van der Waals surface area contributed by atoms with Crippen LogP contribution in [0.25, 0.3) is 22.2 Å². The van der Waals surface area contributed by atoms with E-state index in [-0.39, 0.29) is 17.4 Å². The fraction of sp³-hybridized carbons (Fsp3) is 0.238. The van der Waals surface area contributed by atoms with Crippen LogP contribution in [0.15, 0.2) is 45.3 Å². The third-order valence-corrected chi connectivity index (χ3v) is 7.00. The van der Waals surface area contributed by atoms with Gasteiger partial charge in [-0.1, -0.05) is 29.3 Å². The Labute approximate surface area is 185 Å². The smallest absolute Gasteiger partial charge is 0.331 e. The highest BCUT2D eigenvalue weighted by molar-refractivity contribution is 7.10. The number of benzene rings is 1. The Morgan fingerprint density at radius 1 is 1.13 bits per heavy atom. The molecule has 0 saturated carbocycles. The Balaban J connectivity index is 1.99. The van der Waals surface area contributed by atoms with Crippen molar-refractivity contribution in [3.05, 3.63) is 77.2 Å². The maximum Gasteiger partial charge on any atom is 0.331 e. The molecule has 30 heavy (non-hydrogen) atoms. The molecule has 0 amide bonds. The van der Waals surface area contributed by atoms with Gasteiger partial charge in [-0.05, 0) is 29.6 Å². The van der Waals surface area contributed by atoms with Gasteiger partial charge in [0.15, 0.2) is 0 Å². The van der Waals surface area contributed by atoms with Crippen LogP contribution in [0.4, 0.5) is 0 Å². The number of fused-ring (bicyclic) bond motifs is 3. The molecule has 1 aliphatic rings. The van der Waals surface area contributed by atoms with Crippen LogP contribution >= 0.6 is 34.5 Å². The third kappa shape index (κ3) is 2.73. The average Bonchev–Trinajstić information content (AvgIpc) is 3.37. The topological polar surface area (TPSA) is 58.2 Å². The molecule has 4 heterocycles. The first kappa shape index (κ1) is 19.6. The van der Waals surface area contributed by atoms with Gasteiger partial charge < -0.3 is 9.30 Å². The molecule has 0 saturated heterocycles. The predicted octanol–water partition coefficient (Wildman–Crippen LogP) is 4.19. The molecule has 0 spiro atoms. The van der Waals surface area contributed by atoms with Crippen molar-refractivity contribution in [2.75, 3.05) is 6.61 Å². The van der Waals surface area contributed by atoms with Gasteiger partial charge in [-0.15, -0.1) is 11.3 Å². The van der Waals surface area contributed by atoms with E-state index in [1.54, 1.807) is 30.5 Å². The first-order valence-corrected chi connectivity index (χ1v) is 11.0. The summed E-state index contributed by atoms with van der Waals surface area (Å²) in [4.78, 5) is 27.1.